The van der Waals surface area contributed by atoms with Crippen molar-refractivity contribution in [2.75, 3.05) is 19.8 Å². The van der Waals surface area contributed by atoms with Crippen LogP contribution in [0.2, 0.25) is 0 Å². The molecule has 1 unspecified atom stereocenters. The Kier molecular flexibility index (Phi) is 3.60. The summed E-state index contributed by atoms with van der Waals surface area (Å²) in [5, 5.41) is 4.40. The zero-order valence-corrected chi connectivity index (χ0v) is 15.0. The largest absolute Gasteiger partial charge is 0.491 e. The predicted octanol–water partition coefficient (Wildman–Crippen LogP) is 2.92. The van der Waals surface area contributed by atoms with Crippen molar-refractivity contribution in [1.29, 1.82) is 0 Å². The summed E-state index contributed by atoms with van der Waals surface area (Å²) in [6, 6.07) is 6.22. The molecule has 0 spiro atoms. The van der Waals surface area contributed by atoms with Crippen LogP contribution in [0, 0.1) is 0 Å². The highest BCUT2D eigenvalue weighted by atomic mass is 79.9. The van der Waals surface area contributed by atoms with Crippen LogP contribution < -0.4 is 4.74 Å². The van der Waals surface area contributed by atoms with Crippen LogP contribution in [0.15, 0.2) is 35.2 Å². The van der Waals surface area contributed by atoms with E-state index in [-0.39, 0.29) is 6.04 Å². The molecular weight excluding hydrogens is 386 g/mol. The summed E-state index contributed by atoms with van der Waals surface area (Å²) in [5.41, 5.74) is 1.81. The summed E-state index contributed by atoms with van der Waals surface area (Å²) in [7, 11) is 0. The van der Waals surface area contributed by atoms with Crippen LogP contribution in [0.1, 0.15) is 12.5 Å². The van der Waals surface area contributed by atoms with Crippen molar-refractivity contribution in [3.05, 3.63) is 35.2 Å². The second-order valence-corrected chi connectivity index (χ2v) is 7.09. The van der Waals surface area contributed by atoms with Gasteiger partial charge < -0.3 is 14.0 Å². The lowest BCUT2D eigenvalue weighted by atomic mass is 10.2. The quantitative estimate of drug-likeness (QED) is 0.660. The fourth-order valence-electron chi connectivity index (χ4n) is 3.38. The van der Waals surface area contributed by atoms with E-state index in [0.29, 0.717) is 13.2 Å². The third-order valence-corrected chi connectivity index (χ3v) is 5.10. The second kappa shape index (κ2) is 5.96. The van der Waals surface area contributed by atoms with Gasteiger partial charge in [-0.25, -0.2) is 14.6 Å². The minimum absolute atomic E-state index is 0.226. The van der Waals surface area contributed by atoms with Gasteiger partial charge in [-0.05, 0) is 24.6 Å². The van der Waals surface area contributed by atoms with Crippen LogP contribution in [0.5, 0.6) is 5.75 Å². The number of nitrogens with zero attached hydrogens (tertiary/aromatic N) is 5. The SMILES string of the molecule is Brc1ccc2c(c1)-c1nc(-c3ncnn3C3CCOC3)cn1CCO2. The predicted molar refractivity (Wildman–Crippen MR) is 94.3 cm³/mol. The number of aromatic nitrogens is 5. The normalized spacial score (nSPS) is 19.2. The Hall–Kier alpha value is -2.19. The molecule has 3 aromatic rings. The van der Waals surface area contributed by atoms with Gasteiger partial charge in [0.2, 0.25) is 0 Å². The molecule has 2 aromatic heterocycles. The first-order valence-corrected chi connectivity index (χ1v) is 9.06. The zero-order chi connectivity index (χ0) is 16.8. The van der Waals surface area contributed by atoms with Gasteiger partial charge in [0.1, 0.15) is 30.2 Å². The van der Waals surface area contributed by atoms with E-state index in [9.17, 15) is 0 Å². The minimum atomic E-state index is 0.226. The smallest absolute Gasteiger partial charge is 0.178 e. The van der Waals surface area contributed by atoms with E-state index in [1.807, 2.05) is 29.1 Å². The van der Waals surface area contributed by atoms with Crippen molar-refractivity contribution < 1.29 is 9.47 Å². The van der Waals surface area contributed by atoms with Crippen molar-refractivity contribution in [1.82, 2.24) is 24.3 Å². The molecule has 1 aromatic carbocycles. The van der Waals surface area contributed by atoms with E-state index in [1.165, 1.54) is 0 Å². The standard InChI is InChI=1S/C17H16BrN5O2/c18-11-1-2-15-13(7-11)16-21-14(8-22(16)4-6-25-15)17-19-10-20-23(17)12-3-5-24-9-12/h1-2,7-8,10,12H,3-6,9H2. The van der Waals surface area contributed by atoms with Gasteiger partial charge in [0.25, 0.3) is 0 Å². The Balaban J connectivity index is 1.61. The molecular formula is C17H16BrN5O2. The van der Waals surface area contributed by atoms with Gasteiger partial charge in [0, 0.05) is 17.3 Å². The van der Waals surface area contributed by atoms with E-state index in [0.717, 1.165) is 52.7 Å². The highest BCUT2D eigenvalue weighted by molar-refractivity contribution is 9.10. The summed E-state index contributed by atoms with van der Waals surface area (Å²) < 4.78 is 16.4. The molecule has 0 saturated carbocycles. The molecule has 4 heterocycles. The molecule has 1 fully saturated rings. The van der Waals surface area contributed by atoms with E-state index in [2.05, 4.69) is 30.6 Å². The van der Waals surface area contributed by atoms with Gasteiger partial charge in [-0.15, -0.1) is 0 Å². The fourth-order valence-corrected chi connectivity index (χ4v) is 3.74. The van der Waals surface area contributed by atoms with Gasteiger partial charge in [-0.1, -0.05) is 15.9 Å². The van der Waals surface area contributed by atoms with Gasteiger partial charge >= 0.3 is 0 Å². The summed E-state index contributed by atoms with van der Waals surface area (Å²) in [4.78, 5) is 9.32. The molecule has 1 saturated heterocycles. The molecule has 1 atom stereocenters. The molecule has 0 bridgehead atoms. The van der Waals surface area contributed by atoms with Gasteiger partial charge in [0.05, 0.1) is 24.8 Å². The maximum Gasteiger partial charge on any atom is 0.178 e. The minimum Gasteiger partial charge on any atom is -0.491 e. The van der Waals surface area contributed by atoms with E-state index >= 15 is 0 Å². The summed E-state index contributed by atoms with van der Waals surface area (Å²) >= 11 is 3.54. The highest BCUT2D eigenvalue weighted by Crippen LogP contribution is 2.35. The van der Waals surface area contributed by atoms with Crippen LogP contribution in [0.4, 0.5) is 0 Å². The number of halogens is 1. The maximum atomic E-state index is 5.85. The number of imidazole rings is 1. The van der Waals surface area contributed by atoms with E-state index in [1.54, 1.807) is 6.33 Å². The summed E-state index contributed by atoms with van der Waals surface area (Å²) in [5.74, 6) is 2.53. The Morgan fingerprint density at radius 1 is 1.20 bits per heavy atom. The molecule has 2 aliphatic heterocycles. The van der Waals surface area contributed by atoms with Crippen molar-refractivity contribution in [2.45, 2.75) is 19.0 Å². The molecule has 25 heavy (non-hydrogen) atoms. The van der Waals surface area contributed by atoms with Crippen LogP contribution >= 0.6 is 15.9 Å². The first kappa shape index (κ1) is 15.1. The maximum absolute atomic E-state index is 5.85. The second-order valence-electron chi connectivity index (χ2n) is 6.18. The molecule has 0 N–H and O–H groups in total. The van der Waals surface area contributed by atoms with E-state index < -0.39 is 0 Å². The topological polar surface area (TPSA) is 67.0 Å². The van der Waals surface area contributed by atoms with Crippen LogP contribution in [-0.4, -0.2) is 44.1 Å². The summed E-state index contributed by atoms with van der Waals surface area (Å²) in [6.07, 6.45) is 4.57. The first-order chi connectivity index (χ1) is 12.3. The Labute approximate surface area is 152 Å². The first-order valence-electron chi connectivity index (χ1n) is 8.27. The third kappa shape index (κ3) is 2.56. The average molecular weight is 402 g/mol. The lowest BCUT2D eigenvalue weighted by Crippen LogP contribution is -2.12. The molecule has 5 rings (SSSR count). The number of hydrogen-bond donors (Lipinski definition) is 0. The molecule has 0 amide bonds. The van der Waals surface area contributed by atoms with Crippen molar-refractivity contribution in [2.24, 2.45) is 0 Å². The highest BCUT2D eigenvalue weighted by Gasteiger charge is 2.25. The molecule has 0 radical (unpaired) electrons. The molecule has 128 valence electrons. The number of benzene rings is 1. The van der Waals surface area contributed by atoms with Gasteiger partial charge in [-0.3, -0.25) is 0 Å². The fraction of sp³-hybridized carbons (Fsp3) is 0.353. The van der Waals surface area contributed by atoms with Gasteiger partial charge in [-0.2, -0.15) is 5.10 Å². The van der Waals surface area contributed by atoms with Crippen molar-refractivity contribution >= 4 is 15.9 Å². The number of fused-ring (bicyclic) bond motifs is 3. The van der Waals surface area contributed by atoms with Crippen LogP contribution in [0.25, 0.3) is 22.9 Å². The molecule has 8 heteroatoms. The Morgan fingerprint density at radius 2 is 2.16 bits per heavy atom. The molecule has 0 aliphatic carbocycles. The average Bonchev–Trinajstić information content (AvgIpc) is 3.34. The summed E-state index contributed by atoms with van der Waals surface area (Å²) in [6.45, 7) is 2.80. The van der Waals surface area contributed by atoms with E-state index in [4.69, 9.17) is 14.5 Å². The lowest BCUT2D eigenvalue weighted by molar-refractivity contribution is 0.184. The number of ether oxygens (including phenoxy) is 2. The van der Waals surface area contributed by atoms with Crippen molar-refractivity contribution in [3.63, 3.8) is 0 Å². The van der Waals surface area contributed by atoms with Gasteiger partial charge in [0.15, 0.2) is 5.82 Å². The van der Waals surface area contributed by atoms with Crippen LogP contribution in [-0.2, 0) is 11.3 Å². The molecule has 2 aliphatic rings. The molecule has 7 nitrogen and oxygen atoms in total. The Bertz CT molecular complexity index is 929. The third-order valence-electron chi connectivity index (χ3n) is 4.60. The lowest BCUT2D eigenvalue weighted by Gasteiger charge is -2.10. The van der Waals surface area contributed by atoms with Crippen molar-refractivity contribution in [3.8, 4) is 28.7 Å². The number of hydrogen-bond acceptors (Lipinski definition) is 5. The monoisotopic (exact) mass is 401 g/mol. The number of rotatable bonds is 2. The zero-order valence-electron chi connectivity index (χ0n) is 13.4. The Morgan fingerprint density at radius 3 is 3.04 bits per heavy atom. The van der Waals surface area contributed by atoms with Crippen LogP contribution in [0.3, 0.4) is 0 Å².